The molecule has 0 spiro atoms. The highest BCUT2D eigenvalue weighted by atomic mass is 16.2. The van der Waals surface area contributed by atoms with Crippen LogP contribution in [0.1, 0.15) is 13.8 Å². The summed E-state index contributed by atoms with van der Waals surface area (Å²) in [5.41, 5.74) is 1.82. The van der Waals surface area contributed by atoms with E-state index in [0.29, 0.717) is 13.1 Å². The molecule has 1 saturated heterocycles. The third kappa shape index (κ3) is 0.891. The molecule has 0 aliphatic carbocycles. The first-order valence-corrected chi connectivity index (χ1v) is 4.25. The fraction of sp³-hybridized carbons (Fsp3) is 0.556. The number of fused-ring (bicyclic) bond motifs is 1. The van der Waals surface area contributed by atoms with Gasteiger partial charge >= 0.3 is 0 Å². The van der Waals surface area contributed by atoms with Gasteiger partial charge in [0.2, 0.25) is 0 Å². The van der Waals surface area contributed by atoms with Crippen LogP contribution >= 0.6 is 0 Å². The zero-order chi connectivity index (χ0) is 8.72. The quantitative estimate of drug-likeness (QED) is 0.559. The van der Waals surface area contributed by atoms with Crippen LogP contribution in [0.4, 0.5) is 0 Å². The molecule has 2 heterocycles. The van der Waals surface area contributed by atoms with Crippen molar-refractivity contribution in [2.45, 2.75) is 19.9 Å². The second-order valence-corrected chi connectivity index (χ2v) is 3.43. The van der Waals surface area contributed by atoms with Gasteiger partial charge in [-0.25, -0.2) is 0 Å². The first-order valence-electron chi connectivity index (χ1n) is 4.25. The molecule has 2 aliphatic rings. The molecule has 0 atom stereocenters. The Morgan fingerprint density at radius 3 is 2.92 bits per heavy atom. The van der Waals surface area contributed by atoms with Crippen LogP contribution in [-0.2, 0) is 4.79 Å². The van der Waals surface area contributed by atoms with Crippen molar-refractivity contribution in [2.75, 3.05) is 13.1 Å². The standard InChI is InChI=1S/C9H12N2O/c1-6(2)11-5-8-7(9(11)12)3-4-10-8/h3,6H,4-5H2,1-2H3. The van der Waals surface area contributed by atoms with E-state index in [1.807, 2.05) is 24.8 Å². The number of carbonyl (C=O) groups excluding carboxylic acids is 1. The maximum Gasteiger partial charge on any atom is 0.256 e. The number of hydrogen-bond acceptors (Lipinski definition) is 2. The molecule has 2 rings (SSSR count). The van der Waals surface area contributed by atoms with Gasteiger partial charge in [-0.05, 0) is 19.9 Å². The lowest BCUT2D eigenvalue weighted by Gasteiger charge is -2.19. The molecule has 0 N–H and O–H groups in total. The van der Waals surface area contributed by atoms with Crippen LogP contribution in [0.25, 0.3) is 0 Å². The third-order valence-corrected chi connectivity index (χ3v) is 2.32. The summed E-state index contributed by atoms with van der Waals surface area (Å²) in [5.74, 6) is 0.154. The molecule has 0 unspecified atom stereocenters. The summed E-state index contributed by atoms with van der Waals surface area (Å²) in [7, 11) is 0. The maximum absolute atomic E-state index is 11.6. The van der Waals surface area contributed by atoms with Gasteiger partial charge in [-0.15, -0.1) is 0 Å². The molecule has 1 fully saturated rings. The van der Waals surface area contributed by atoms with Crippen LogP contribution in [-0.4, -0.2) is 35.7 Å². The molecule has 3 heteroatoms. The van der Waals surface area contributed by atoms with Crippen molar-refractivity contribution in [2.24, 2.45) is 4.99 Å². The molecule has 0 saturated carbocycles. The first-order chi connectivity index (χ1) is 5.70. The maximum atomic E-state index is 11.6. The second-order valence-electron chi connectivity index (χ2n) is 3.43. The minimum Gasteiger partial charge on any atom is -0.330 e. The average molecular weight is 164 g/mol. The summed E-state index contributed by atoms with van der Waals surface area (Å²) < 4.78 is 0. The van der Waals surface area contributed by atoms with Gasteiger partial charge in [-0.2, -0.15) is 0 Å². The van der Waals surface area contributed by atoms with Gasteiger partial charge in [0, 0.05) is 6.04 Å². The summed E-state index contributed by atoms with van der Waals surface area (Å²) in [6, 6.07) is 0.284. The molecular formula is C9H12N2O. The van der Waals surface area contributed by atoms with Gasteiger partial charge in [0.05, 0.1) is 24.4 Å². The predicted molar refractivity (Wildman–Crippen MR) is 47.2 cm³/mol. The second kappa shape index (κ2) is 2.44. The van der Waals surface area contributed by atoms with Crippen molar-refractivity contribution < 1.29 is 4.79 Å². The van der Waals surface area contributed by atoms with Crippen molar-refractivity contribution in [3.8, 4) is 0 Å². The monoisotopic (exact) mass is 164 g/mol. The van der Waals surface area contributed by atoms with Gasteiger partial charge in [-0.3, -0.25) is 9.79 Å². The molecule has 0 bridgehead atoms. The fourth-order valence-electron chi connectivity index (χ4n) is 1.60. The van der Waals surface area contributed by atoms with Crippen LogP contribution in [0.5, 0.6) is 0 Å². The fourth-order valence-corrected chi connectivity index (χ4v) is 1.60. The minimum absolute atomic E-state index is 0.154. The summed E-state index contributed by atoms with van der Waals surface area (Å²) in [4.78, 5) is 17.7. The molecule has 0 radical (unpaired) electrons. The molecule has 2 aliphatic heterocycles. The summed E-state index contributed by atoms with van der Waals surface area (Å²) in [5, 5.41) is 0. The molecule has 1 amide bonds. The van der Waals surface area contributed by atoms with E-state index in [1.165, 1.54) is 0 Å². The smallest absolute Gasteiger partial charge is 0.256 e. The van der Waals surface area contributed by atoms with Crippen LogP contribution < -0.4 is 0 Å². The Balaban J connectivity index is 2.28. The Labute approximate surface area is 71.8 Å². The molecule has 0 aromatic rings. The first kappa shape index (κ1) is 7.53. The lowest BCUT2D eigenvalue weighted by Crippen LogP contribution is -2.32. The molecule has 0 aromatic heterocycles. The number of aliphatic imine (C=N–C) groups is 1. The number of amides is 1. The average Bonchev–Trinajstić information content (AvgIpc) is 2.53. The summed E-state index contributed by atoms with van der Waals surface area (Å²) >= 11 is 0. The highest BCUT2D eigenvalue weighted by molar-refractivity contribution is 6.28. The molecule has 64 valence electrons. The minimum atomic E-state index is 0.154. The Morgan fingerprint density at radius 1 is 1.58 bits per heavy atom. The number of hydrogen-bond donors (Lipinski definition) is 0. The molecule has 0 aromatic carbocycles. The molecule has 3 nitrogen and oxygen atoms in total. The lowest BCUT2D eigenvalue weighted by molar-refractivity contribution is -0.126. The van der Waals surface area contributed by atoms with Crippen molar-refractivity contribution in [1.82, 2.24) is 4.90 Å². The number of carbonyl (C=O) groups is 1. The molecular weight excluding hydrogens is 152 g/mol. The van der Waals surface area contributed by atoms with E-state index >= 15 is 0 Å². The zero-order valence-electron chi connectivity index (χ0n) is 7.37. The van der Waals surface area contributed by atoms with E-state index < -0.39 is 0 Å². The predicted octanol–water partition coefficient (Wildman–Crippen LogP) is 0.618. The number of likely N-dealkylation sites (tertiary alicyclic amines) is 1. The van der Waals surface area contributed by atoms with Crippen LogP contribution in [0, 0.1) is 0 Å². The Morgan fingerprint density at radius 2 is 2.33 bits per heavy atom. The summed E-state index contributed by atoms with van der Waals surface area (Å²) in [6.07, 6.45) is 1.92. The van der Waals surface area contributed by atoms with E-state index in [1.54, 1.807) is 0 Å². The summed E-state index contributed by atoms with van der Waals surface area (Å²) in [6.45, 7) is 5.46. The zero-order valence-corrected chi connectivity index (χ0v) is 7.37. The van der Waals surface area contributed by atoms with Crippen molar-refractivity contribution in [3.63, 3.8) is 0 Å². The Bertz CT molecular complexity index is 289. The highest BCUT2D eigenvalue weighted by Crippen LogP contribution is 2.20. The van der Waals surface area contributed by atoms with Gasteiger partial charge in [0.15, 0.2) is 0 Å². The van der Waals surface area contributed by atoms with Gasteiger partial charge in [0.1, 0.15) is 0 Å². The highest BCUT2D eigenvalue weighted by Gasteiger charge is 2.34. The van der Waals surface area contributed by atoms with E-state index in [2.05, 4.69) is 4.99 Å². The van der Waals surface area contributed by atoms with Gasteiger partial charge < -0.3 is 4.90 Å². The van der Waals surface area contributed by atoms with Crippen LogP contribution in [0.15, 0.2) is 16.6 Å². The van der Waals surface area contributed by atoms with E-state index in [-0.39, 0.29) is 11.9 Å². The number of rotatable bonds is 1. The largest absolute Gasteiger partial charge is 0.330 e. The number of nitrogens with zero attached hydrogens (tertiary/aromatic N) is 2. The molecule has 12 heavy (non-hydrogen) atoms. The van der Waals surface area contributed by atoms with Crippen molar-refractivity contribution >= 4 is 11.6 Å². The normalized spacial score (nSPS) is 21.6. The van der Waals surface area contributed by atoms with Crippen molar-refractivity contribution in [3.05, 3.63) is 11.6 Å². The van der Waals surface area contributed by atoms with Crippen LogP contribution in [0.2, 0.25) is 0 Å². The lowest BCUT2D eigenvalue weighted by atomic mass is 10.2. The Hall–Kier alpha value is -1.12. The van der Waals surface area contributed by atoms with Gasteiger partial charge in [-0.1, -0.05) is 0 Å². The third-order valence-electron chi connectivity index (χ3n) is 2.32. The van der Waals surface area contributed by atoms with E-state index in [9.17, 15) is 4.79 Å². The van der Waals surface area contributed by atoms with Crippen molar-refractivity contribution in [1.29, 1.82) is 0 Å². The Kier molecular flexibility index (Phi) is 1.53. The van der Waals surface area contributed by atoms with Crippen LogP contribution in [0.3, 0.4) is 0 Å². The van der Waals surface area contributed by atoms with Gasteiger partial charge in [0.25, 0.3) is 5.91 Å². The van der Waals surface area contributed by atoms with E-state index in [4.69, 9.17) is 0 Å². The van der Waals surface area contributed by atoms with E-state index in [0.717, 1.165) is 11.3 Å². The topological polar surface area (TPSA) is 32.7 Å². The SMILES string of the molecule is CC(C)N1CC2=NCC=C2C1=O.